The first kappa shape index (κ1) is 12.5. The Balaban J connectivity index is 2.08. The number of nitrogens with zero attached hydrogens (tertiary/aromatic N) is 3. The minimum atomic E-state index is -1.03. The number of aryl methyl sites for hydroxylation is 1. The van der Waals surface area contributed by atoms with Crippen LogP contribution in [0.2, 0.25) is 0 Å². The number of hydrogen-bond donors (Lipinski definition) is 0. The van der Waals surface area contributed by atoms with Crippen molar-refractivity contribution in [3.05, 3.63) is 47.3 Å². The number of amides is 1. The molecule has 0 fully saturated rings. The zero-order valence-electron chi connectivity index (χ0n) is 10.4. The largest absolute Gasteiger partial charge is 0.300 e. The fraction of sp³-hybridized carbons (Fsp3) is 0.154. The van der Waals surface area contributed by atoms with E-state index < -0.39 is 28.9 Å². The first-order valence-electron chi connectivity index (χ1n) is 5.81. The predicted octanol–water partition coefficient (Wildman–Crippen LogP) is 1.43. The average Bonchev–Trinajstić information content (AvgIpc) is 2.92. The van der Waals surface area contributed by atoms with Gasteiger partial charge in [-0.3, -0.25) is 19.2 Å². The standard InChI is InChI=1S/C13H9F2N3O2/c1-17-5-4-7(16-17)6-18-11-9(15)3-2-8(14)10(11)12(19)13(18)20/h2-5H,6H2,1H3. The van der Waals surface area contributed by atoms with Gasteiger partial charge in [0.25, 0.3) is 11.7 Å². The number of Topliss-reactive ketones (excluding diaryl/α,β-unsaturated/α-hetero) is 1. The van der Waals surface area contributed by atoms with Crippen molar-refractivity contribution in [3.63, 3.8) is 0 Å². The van der Waals surface area contributed by atoms with Crippen LogP contribution in [0, 0.1) is 11.6 Å². The fourth-order valence-corrected chi connectivity index (χ4v) is 2.21. The highest BCUT2D eigenvalue weighted by molar-refractivity contribution is 6.52. The molecule has 0 N–H and O–H groups in total. The summed E-state index contributed by atoms with van der Waals surface area (Å²) in [5.74, 6) is -3.69. The number of fused-ring (bicyclic) bond motifs is 1. The molecule has 0 atom stereocenters. The average molecular weight is 277 g/mol. The molecule has 0 saturated carbocycles. The van der Waals surface area contributed by atoms with Crippen LogP contribution in [0.3, 0.4) is 0 Å². The van der Waals surface area contributed by atoms with Gasteiger partial charge in [0.1, 0.15) is 11.6 Å². The molecule has 0 unspecified atom stereocenters. The third kappa shape index (κ3) is 1.70. The molecule has 2 aromatic rings. The number of carbonyl (C=O) groups excluding carboxylic acids is 2. The van der Waals surface area contributed by atoms with Crippen LogP contribution in [0.1, 0.15) is 16.1 Å². The fourth-order valence-electron chi connectivity index (χ4n) is 2.21. The Kier molecular flexibility index (Phi) is 2.63. The quantitative estimate of drug-likeness (QED) is 0.780. The van der Waals surface area contributed by atoms with Crippen LogP contribution >= 0.6 is 0 Å². The summed E-state index contributed by atoms with van der Waals surface area (Å²) in [6.07, 6.45) is 1.65. The predicted molar refractivity (Wildman–Crippen MR) is 65.1 cm³/mol. The molecule has 1 aliphatic rings. The van der Waals surface area contributed by atoms with E-state index in [0.29, 0.717) is 5.69 Å². The van der Waals surface area contributed by atoms with E-state index in [-0.39, 0.29) is 12.2 Å². The van der Waals surface area contributed by atoms with Crippen molar-refractivity contribution in [2.24, 2.45) is 7.05 Å². The van der Waals surface area contributed by atoms with E-state index in [4.69, 9.17) is 0 Å². The smallest absolute Gasteiger partial charge is 0.296 e. The first-order valence-corrected chi connectivity index (χ1v) is 5.81. The monoisotopic (exact) mass is 277 g/mol. The number of carbonyl (C=O) groups is 2. The number of aromatic nitrogens is 2. The molecular formula is C13H9F2N3O2. The molecule has 0 radical (unpaired) electrons. The molecule has 2 heterocycles. The van der Waals surface area contributed by atoms with Gasteiger partial charge in [-0.05, 0) is 18.2 Å². The lowest BCUT2D eigenvalue weighted by Gasteiger charge is -2.15. The number of hydrogen-bond acceptors (Lipinski definition) is 3. The Hall–Kier alpha value is -2.57. The van der Waals surface area contributed by atoms with Crippen LogP contribution < -0.4 is 4.90 Å². The summed E-state index contributed by atoms with van der Waals surface area (Å²) in [4.78, 5) is 24.6. The molecular weight excluding hydrogens is 268 g/mol. The lowest BCUT2D eigenvalue weighted by molar-refractivity contribution is -0.114. The van der Waals surface area contributed by atoms with Gasteiger partial charge in [-0.2, -0.15) is 5.10 Å². The van der Waals surface area contributed by atoms with Crippen molar-refractivity contribution in [1.82, 2.24) is 9.78 Å². The van der Waals surface area contributed by atoms with E-state index in [0.717, 1.165) is 17.0 Å². The van der Waals surface area contributed by atoms with Crippen LogP contribution in [-0.4, -0.2) is 21.5 Å². The van der Waals surface area contributed by atoms with Crippen LogP contribution in [0.25, 0.3) is 0 Å². The molecule has 0 spiro atoms. The minimum Gasteiger partial charge on any atom is -0.296 e. The molecule has 20 heavy (non-hydrogen) atoms. The number of anilines is 1. The summed E-state index contributed by atoms with van der Waals surface area (Å²) >= 11 is 0. The van der Waals surface area contributed by atoms with Crippen LogP contribution in [0.5, 0.6) is 0 Å². The molecule has 7 heteroatoms. The van der Waals surface area contributed by atoms with Crippen LogP contribution in [0.4, 0.5) is 14.5 Å². The van der Waals surface area contributed by atoms with Gasteiger partial charge in [-0.25, -0.2) is 8.78 Å². The summed E-state index contributed by atoms with van der Waals surface area (Å²) in [5.41, 5.74) is -0.346. The second-order valence-corrected chi connectivity index (χ2v) is 4.45. The maximum Gasteiger partial charge on any atom is 0.300 e. The maximum atomic E-state index is 13.8. The SMILES string of the molecule is Cn1ccc(CN2C(=O)C(=O)c3c(F)ccc(F)c32)n1. The molecule has 1 amide bonds. The lowest BCUT2D eigenvalue weighted by Crippen LogP contribution is -2.29. The van der Waals surface area contributed by atoms with Crippen molar-refractivity contribution < 1.29 is 18.4 Å². The molecule has 3 rings (SSSR count). The van der Waals surface area contributed by atoms with Gasteiger partial charge in [0.05, 0.1) is 23.5 Å². The van der Waals surface area contributed by atoms with E-state index in [9.17, 15) is 18.4 Å². The molecule has 0 bridgehead atoms. The zero-order valence-corrected chi connectivity index (χ0v) is 10.4. The molecule has 102 valence electrons. The van der Waals surface area contributed by atoms with Gasteiger partial charge in [0.15, 0.2) is 0 Å². The Morgan fingerprint density at radius 1 is 1.15 bits per heavy atom. The van der Waals surface area contributed by atoms with E-state index >= 15 is 0 Å². The van der Waals surface area contributed by atoms with Crippen molar-refractivity contribution in [1.29, 1.82) is 0 Å². The summed E-state index contributed by atoms with van der Waals surface area (Å²) in [7, 11) is 1.69. The zero-order chi connectivity index (χ0) is 14.4. The van der Waals surface area contributed by atoms with Crippen LogP contribution in [0.15, 0.2) is 24.4 Å². The third-order valence-electron chi connectivity index (χ3n) is 3.10. The van der Waals surface area contributed by atoms with Gasteiger partial charge in [-0.15, -0.1) is 0 Å². The Morgan fingerprint density at radius 2 is 1.85 bits per heavy atom. The highest BCUT2D eigenvalue weighted by Crippen LogP contribution is 2.34. The molecule has 5 nitrogen and oxygen atoms in total. The normalized spacial score (nSPS) is 14.1. The van der Waals surface area contributed by atoms with Gasteiger partial charge in [-0.1, -0.05) is 0 Å². The van der Waals surface area contributed by atoms with E-state index in [1.54, 1.807) is 19.3 Å². The molecule has 0 saturated heterocycles. The molecule has 0 aliphatic carbocycles. The lowest BCUT2D eigenvalue weighted by atomic mass is 10.1. The topological polar surface area (TPSA) is 55.2 Å². The summed E-state index contributed by atoms with van der Waals surface area (Å²) in [6, 6.07) is 3.36. The van der Waals surface area contributed by atoms with Crippen molar-refractivity contribution in [2.75, 3.05) is 4.90 Å². The second-order valence-electron chi connectivity index (χ2n) is 4.45. The Morgan fingerprint density at radius 3 is 2.50 bits per heavy atom. The van der Waals surface area contributed by atoms with Crippen molar-refractivity contribution in [3.8, 4) is 0 Å². The van der Waals surface area contributed by atoms with E-state index in [1.165, 1.54) is 4.68 Å². The van der Waals surface area contributed by atoms with Gasteiger partial charge >= 0.3 is 0 Å². The highest BCUT2D eigenvalue weighted by atomic mass is 19.1. The number of halogens is 2. The summed E-state index contributed by atoms with van der Waals surface area (Å²) in [5, 5.41) is 4.05. The van der Waals surface area contributed by atoms with Gasteiger partial charge in [0.2, 0.25) is 0 Å². The Bertz CT molecular complexity index is 739. The first-order chi connectivity index (χ1) is 9.49. The Labute approximate surface area is 112 Å². The number of ketones is 1. The van der Waals surface area contributed by atoms with Gasteiger partial charge in [0, 0.05) is 13.2 Å². The van der Waals surface area contributed by atoms with E-state index in [2.05, 4.69) is 5.10 Å². The van der Waals surface area contributed by atoms with E-state index in [1.807, 2.05) is 0 Å². The van der Waals surface area contributed by atoms with Crippen molar-refractivity contribution >= 4 is 17.4 Å². The van der Waals surface area contributed by atoms with Crippen molar-refractivity contribution in [2.45, 2.75) is 6.54 Å². The van der Waals surface area contributed by atoms with Crippen LogP contribution in [-0.2, 0) is 18.4 Å². The molecule has 1 aliphatic heterocycles. The second kappa shape index (κ2) is 4.22. The van der Waals surface area contributed by atoms with Gasteiger partial charge < -0.3 is 0 Å². The minimum absolute atomic E-state index is 0.0845. The highest BCUT2D eigenvalue weighted by Gasteiger charge is 2.40. The summed E-state index contributed by atoms with van der Waals surface area (Å²) in [6.45, 7) is -0.0845. The summed E-state index contributed by atoms with van der Waals surface area (Å²) < 4.78 is 29.0. The maximum absolute atomic E-state index is 13.8. The molecule has 1 aromatic carbocycles. The number of benzene rings is 1. The molecule has 1 aromatic heterocycles. The number of rotatable bonds is 2. The third-order valence-corrected chi connectivity index (χ3v) is 3.10.